The Morgan fingerprint density at radius 1 is 1.32 bits per heavy atom. The van der Waals surface area contributed by atoms with Crippen LogP contribution in [-0.2, 0) is 0 Å². The predicted molar refractivity (Wildman–Crippen MR) is 83.0 cm³/mol. The highest BCUT2D eigenvalue weighted by atomic mass is 35.5. The Bertz CT molecular complexity index is 648. The van der Waals surface area contributed by atoms with Crippen LogP contribution in [0.2, 0.25) is 5.02 Å². The van der Waals surface area contributed by atoms with Crippen molar-refractivity contribution in [3.63, 3.8) is 0 Å². The first-order valence-corrected chi connectivity index (χ1v) is 6.21. The zero-order valence-corrected chi connectivity index (χ0v) is 11.4. The largest absolute Gasteiger partial charge is 0.399 e. The highest BCUT2D eigenvalue weighted by Gasteiger charge is 2.08. The van der Waals surface area contributed by atoms with Gasteiger partial charge in [0.15, 0.2) is 5.82 Å². The molecule has 0 fully saturated rings. The molecule has 3 nitrogen and oxygen atoms in total. The van der Waals surface area contributed by atoms with Crippen LogP contribution in [-0.4, -0.2) is 11.2 Å². The molecule has 4 heteroatoms. The normalized spacial score (nSPS) is 10.8. The molecule has 2 N–H and O–H groups in total. The molecule has 0 bridgehead atoms. The number of nitrogens with zero attached hydrogens (tertiary/aromatic N) is 2. The van der Waals surface area contributed by atoms with Crippen LogP contribution in [0.4, 0.5) is 11.5 Å². The van der Waals surface area contributed by atoms with E-state index in [9.17, 15) is 0 Å². The van der Waals surface area contributed by atoms with Gasteiger partial charge in [0.25, 0.3) is 0 Å². The summed E-state index contributed by atoms with van der Waals surface area (Å²) in [5, 5.41) is 0.611. The molecule has 1 aromatic carbocycles. The van der Waals surface area contributed by atoms with Gasteiger partial charge >= 0.3 is 0 Å². The number of anilines is 1. The summed E-state index contributed by atoms with van der Waals surface area (Å²) in [6.07, 6.45) is 3.42. The van der Waals surface area contributed by atoms with Crippen LogP contribution in [0.25, 0.3) is 17.3 Å². The lowest BCUT2D eigenvalue weighted by Gasteiger charge is -2.07. The average Bonchev–Trinajstić information content (AvgIpc) is 2.42. The van der Waals surface area contributed by atoms with Crippen LogP contribution < -0.4 is 5.73 Å². The number of rotatable bonds is 3. The van der Waals surface area contributed by atoms with Crippen molar-refractivity contribution in [2.45, 2.75) is 6.92 Å². The first-order valence-electron chi connectivity index (χ1n) is 5.83. The van der Waals surface area contributed by atoms with Crippen LogP contribution in [0.1, 0.15) is 12.5 Å². The Balaban J connectivity index is 2.60. The van der Waals surface area contributed by atoms with E-state index in [1.165, 1.54) is 0 Å². The molecule has 0 aliphatic heterocycles. The van der Waals surface area contributed by atoms with Gasteiger partial charge < -0.3 is 5.73 Å². The fourth-order valence-corrected chi connectivity index (χ4v) is 1.95. The Morgan fingerprint density at radius 2 is 2.11 bits per heavy atom. The van der Waals surface area contributed by atoms with Gasteiger partial charge in [-0.1, -0.05) is 24.3 Å². The summed E-state index contributed by atoms with van der Waals surface area (Å²) in [7, 11) is 0. The number of halogens is 1. The van der Waals surface area contributed by atoms with E-state index in [0.29, 0.717) is 16.5 Å². The molecule has 0 radical (unpaired) electrons. The number of hydrogen-bond donors (Lipinski definition) is 1. The summed E-state index contributed by atoms with van der Waals surface area (Å²) in [6, 6.07) is 9.12. The average molecular weight is 272 g/mol. The third-order valence-electron chi connectivity index (χ3n) is 2.64. The number of hydrogen-bond acceptors (Lipinski definition) is 3. The van der Waals surface area contributed by atoms with Crippen LogP contribution in [0.5, 0.6) is 0 Å². The number of pyridine rings is 1. The first-order chi connectivity index (χ1) is 9.15. The van der Waals surface area contributed by atoms with E-state index < -0.39 is 0 Å². The van der Waals surface area contributed by atoms with Crippen LogP contribution in [0.3, 0.4) is 0 Å². The number of benzene rings is 1. The first kappa shape index (κ1) is 13.3. The summed E-state index contributed by atoms with van der Waals surface area (Å²) >= 11 is 6.18. The van der Waals surface area contributed by atoms with E-state index >= 15 is 0 Å². The monoisotopic (exact) mass is 271 g/mol. The minimum atomic E-state index is 0.611. The van der Waals surface area contributed by atoms with E-state index in [-0.39, 0.29) is 0 Å². The van der Waals surface area contributed by atoms with E-state index in [1.807, 2.05) is 19.1 Å². The third-order valence-corrected chi connectivity index (χ3v) is 2.97. The molecule has 2 aromatic rings. The number of aliphatic imine (C=N–C) groups is 1. The Hall–Kier alpha value is -2.13. The molecule has 0 spiro atoms. The minimum absolute atomic E-state index is 0.611. The molecule has 0 atom stereocenters. The fraction of sp³-hybridized carbons (Fsp3) is 0.0667. The Kier molecular flexibility index (Phi) is 3.97. The van der Waals surface area contributed by atoms with Crippen molar-refractivity contribution >= 4 is 35.4 Å². The van der Waals surface area contributed by atoms with Gasteiger partial charge in [-0.05, 0) is 37.3 Å². The summed E-state index contributed by atoms with van der Waals surface area (Å²) < 4.78 is 0. The topological polar surface area (TPSA) is 51.3 Å². The molecule has 0 unspecified atom stereocenters. The highest BCUT2D eigenvalue weighted by Crippen LogP contribution is 2.31. The van der Waals surface area contributed by atoms with Gasteiger partial charge in [0.1, 0.15) is 0 Å². The van der Waals surface area contributed by atoms with Gasteiger partial charge in [-0.15, -0.1) is 0 Å². The Morgan fingerprint density at radius 3 is 2.79 bits per heavy atom. The molecule has 19 heavy (non-hydrogen) atoms. The van der Waals surface area contributed by atoms with Gasteiger partial charge in [0.05, 0.1) is 10.7 Å². The van der Waals surface area contributed by atoms with Crippen LogP contribution in [0.15, 0.2) is 41.9 Å². The fourth-order valence-electron chi connectivity index (χ4n) is 1.73. The summed E-state index contributed by atoms with van der Waals surface area (Å²) in [6.45, 7) is 5.59. The van der Waals surface area contributed by atoms with Gasteiger partial charge in [-0.2, -0.15) is 0 Å². The van der Waals surface area contributed by atoms with Crippen LogP contribution >= 0.6 is 11.6 Å². The van der Waals surface area contributed by atoms with Crippen molar-refractivity contribution < 1.29 is 0 Å². The minimum Gasteiger partial charge on any atom is -0.399 e. The quantitative estimate of drug-likeness (QED) is 0.666. The molecule has 0 amide bonds. The van der Waals surface area contributed by atoms with Crippen molar-refractivity contribution in [3.8, 4) is 11.3 Å². The molecule has 0 aliphatic rings. The maximum Gasteiger partial charge on any atom is 0.159 e. The molecule has 1 aromatic heterocycles. The van der Waals surface area contributed by atoms with E-state index in [1.54, 1.807) is 30.5 Å². The maximum atomic E-state index is 6.18. The second-order valence-corrected chi connectivity index (χ2v) is 4.35. The van der Waals surface area contributed by atoms with Crippen molar-refractivity contribution in [2.24, 2.45) is 4.99 Å². The zero-order valence-electron chi connectivity index (χ0n) is 10.6. The van der Waals surface area contributed by atoms with Crippen molar-refractivity contribution in [1.82, 2.24) is 4.98 Å². The molecular formula is C15H14ClN3. The molecule has 0 saturated heterocycles. The summed E-state index contributed by atoms with van der Waals surface area (Å²) in [5.41, 5.74) is 8.85. The van der Waals surface area contributed by atoms with Crippen molar-refractivity contribution in [3.05, 3.63) is 47.5 Å². The van der Waals surface area contributed by atoms with Crippen molar-refractivity contribution in [2.75, 3.05) is 5.73 Å². The maximum absolute atomic E-state index is 6.18. The Labute approximate surface area is 117 Å². The van der Waals surface area contributed by atoms with Crippen LogP contribution in [0, 0.1) is 0 Å². The predicted octanol–water partition coefficient (Wildman–Crippen LogP) is 4.35. The van der Waals surface area contributed by atoms with Gasteiger partial charge in [0.2, 0.25) is 0 Å². The number of nitrogens with two attached hydrogens (primary N) is 1. The van der Waals surface area contributed by atoms with Gasteiger partial charge in [-0.3, -0.25) is 0 Å². The van der Waals surface area contributed by atoms with E-state index in [0.717, 1.165) is 16.8 Å². The molecule has 0 saturated carbocycles. The molecule has 0 aliphatic carbocycles. The molecule has 1 heterocycles. The zero-order chi connectivity index (χ0) is 13.8. The molecule has 96 valence electrons. The number of nitrogen functional groups attached to an aromatic ring is 1. The molecule has 2 rings (SSSR count). The van der Waals surface area contributed by atoms with Crippen molar-refractivity contribution in [1.29, 1.82) is 0 Å². The van der Waals surface area contributed by atoms with E-state index in [4.69, 9.17) is 17.3 Å². The highest BCUT2D eigenvalue weighted by molar-refractivity contribution is 6.33. The number of aromatic nitrogens is 1. The summed E-state index contributed by atoms with van der Waals surface area (Å²) in [4.78, 5) is 8.73. The van der Waals surface area contributed by atoms with E-state index in [2.05, 4.69) is 16.6 Å². The lowest BCUT2D eigenvalue weighted by Crippen LogP contribution is -1.90. The molecular weight excluding hydrogens is 258 g/mol. The third kappa shape index (κ3) is 2.83. The SMILES string of the molecule is C=Cc1ccc(-c2cc(N)ccc2Cl)nc1/N=C\C. The lowest BCUT2D eigenvalue weighted by atomic mass is 10.1. The van der Waals surface area contributed by atoms with Gasteiger partial charge in [0, 0.05) is 23.0 Å². The second-order valence-electron chi connectivity index (χ2n) is 3.94. The van der Waals surface area contributed by atoms with Gasteiger partial charge in [-0.25, -0.2) is 9.98 Å². The second kappa shape index (κ2) is 5.67. The summed E-state index contributed by atoms with van der Waals surface area (Å²) in [5.74, 6) is 0.619. The lowest BCUT2D eigenvalue weighted by molar-refractivity contribution is 1.27. The smallest absolute Gasteiger partial charge is 0.159 e. The standard InChI is InChI=1S/C15H14ClN3/c1-3-10-5-8-14(19-15(10)18-4-2)12-9-11(17)6-7-13(12)16/h3-9H,1,17H2,2H3/b18-4-.